The van der Waals surface area contributed by atoms with Gasteiger partial charge in [-0.15, -0.1) is 0 Å². The first-order chi connectivity index (χ1) is 14.2. The topological polar surface area (TPSA) is 104 Å². The number of benzene rings is 3. The Morgan fingerprint density at radius 3 is 2.17 bits per heavy atom. The predicted molar refractivity (Wildman–Crippen MR) is 121 cm³/mol. The number of hydrogen-bond acceptors (Lipinski definition) is 5. The molecule has 9 heteroatoms. The zero-order chi connectivity index (χ0) is 22.1. The largest absolute Gasteiger partial charge is 0.507 e. The average Bonchev–Trinajstić information content (AvgIpc) is 2.70. The molecule has 0 aliphatic carbocycles. The summed E-state index contributed by atoms with van der Waals surface area (Å²) in [4.78, 5) is 11.8. The number of carboxylic acids is 1. The number of hydrogen-bond donors (Lipinski definition) is 3. The average molecular weight is 555 g/mol. The third-order valence-corrected chi connectivity index (χ3v) is 6.27. The van der Waals surface area contributed by atoms with Crippen molar-refractivity contribution in [1.82, 2.24) is 0 Å². The minimum Gasteiger partial charge on any atom is -0.507 e. The molecule has 0 heterocycles. The first-order valence-corrected chi connectivity index (χ1v) is 11.1. The van der Waals surface area contributed by atoms with Crippen molar-refractivity contribution in [1.29, 1.82) is 0 Å². The Morgan fingerprint density at radius 2 is 1.60 bits per heavy atom. The number of carbonyl (C=O) groups is 1. The molecular weight excluding hydrogens is 539 g/mol. The monoisotopic (exact) mass is 553 g/mol. The van der Waals surface area contributed by atoms with Gasteiger partial charge in [0, 0.05) is 23.6 Å². The molecule has 0 fully saturated rings. The fourth-order valence-electron chi connectivity index (χ4n) is 2.83. The number of aliphatic hydroxyl groups is 1. The maximum absolute atomic E-state index is 11.8. The van der Waals surface area contributed by atoms with Gasteiger partial charge in [-0.2, -0.15) is 0 Å². The zero-order valence-electron chi connectivity index (χ0n) is 15.5. The molecule has 0 amide bonds. The molecule has 6 nitrogen and oxygen atoms in total. The Labute approximate surface area is 190 Å². The van der Waals surface area contributed by atoms with Crippen LogP contribution in [0.1, 0.15) is 22.8 Å². The highest BCUT2D eigenvalue weighted by Gasteiger charge is 2.33. The predicted octanol–water partition coefficient (Wildman–Crippen LogP) is 6.26. The van der Waals surface area contributed by atoms with E-state index in [1.807, 2.05) is 0 Å². The molecule has 0 saturated heterocycles. The Kier molecular flexibility index (Phi) is 6.62. The summed E-state index contributed by atoms with van der Waals surface area (Å²) in [5.74, 6) is -0.917. The number of para-hydroxylation sites is 2. The van der Waals surface area contributed by atoms with Crippen molar-refractivity contribution in [2.45, 2.75) is 12.3 Å². The second-order valence-electron chi connectivity index (χ2n) is 6.55. The smallest absolute Gasteiger partial charge is 0.364 e. The lowest BCUT2D eigenvalue weighted by atomic mass is 10.0. The lowest BCUT2D eigenvalue weighted by molar-refractivity contribution is 0.0694. The summed E-state index contributed by atoms with van der Waals surface area (Å²) in [5.41, 5.74) is 1.10. The second-order valence-corrected chi connectivity index (χ2v) is 9.44. The number of ether oxygens (including phenoxy) is 1. The van der Waals surface area contributed by atoms with Gasteiger partial charge < -0.3 is 20.1 Å². The normalized spacial score (nSPS) is 13.1. The minimum atomic E-state index is -1.55. The van der Waals surface area contributed by atoms with E-state index in [1.54, 1.807) is 42.5 Å². The second kappa shape index (κ2) is 8.86. The third kappa shape index (κ3) is 4.42. The van der Waals surface area contributed by atoms with Crippen molar-refractivity contribution in [3.05, 3.63) is 74.7 Å². The minimum absolute atomic E-state index is 0.0224. The van der Waals surface area contributed by atoms with Crippen LogP contribution < -0.4 is 4.74 Å². The SMILES string of the molecule is CC(O)([PH+]=O)c1cc(Br)c(Oc2c(C(=O)O)cccc2-c2ccccc2O)c(Br)c1. The molecule has 0 saturated carbocycles. The van der Waals surface area contributed by atoms with E-state index in [1.165, 1.54) is 19.1 Å². The summed E-state index contributed by atoms with van der Waals surface area (Å²) < 4.78 is 18.2. The summed E-state index contributed by atoms with van der Waals surface area (Å²) in [7, 11) is -0.985. The lowest BCUT2D eigenvalue weighted by Crippen LogP contribution is -2.12. The molecule has 0 spiro atoms. The molecule has 154 valence electrons. The number of phenols is 1. The zero-order valence-corrected chi connectivity index (χ0v) is 19.7. The molecule has 0 aliphatic heterocycles. The number of rotatable bonds is 6. The number of aromatic carboxylic acids is 1. The van der Waals surface area contributed by atoms with Crippen LogP contribution in [0.3, 0.4) is 0 Å². The van der Waals surface area contributed by atoms with Crippen LogP contribution in [0.5, 0.6) is 17.2 Å². The van der Waals surface area contributed by atoms with Crippen molar-refractivity contribution in [3.8, 4) is 28.4 Å². The van der Waals surface area contributed by atoms with E-state index in [2.05, 4.69) is 31.9 Å². The van der Waals surface area contributed by atoms with E-state index in [0.29, 0.717) is 25.6 Å². The van der Waals surface area contributed by atoms with Gasteiger partial charge in [0.1, 0.15) is 17.1 Å². The van der Waals surface area contributed by atoms with Gasteiger partial charge in [0.25, 0.3) is 5.34 Å². The number of aromatic hydroxyl groups is 1. The maximum Gasteiger partial charge on any atom is 0.364 e. The van der Waals surface area contributed by atoms with Gasteiger partial charge in [-0.3, -0.25) is 0 Å². The molecule has 2 unspecified atom stereocenters. The highest BCUT2D eigenvalue weighted by Crippen LogP contribution is 2.46. The van der Waals surface area contributed by atoms with Crippen LogP contribution >= 0.6 is 40.3 Å². The molecule has 30 heavy (non-hydrogen) atoms. The van der Waals surface area contributed by atoms with Gasteiger partial charge in [0.05, 0.1) is 8.95 Å². The van der Waals surface area contributed by atoms with Gasteiger partial charge >= 0.3 is 14.4 Å². The van der Waals surface area contributed by atoms with Gasteiger partial charge in [-0.25, -0.2) is 4.79 Å². The first-order valence-electron chi connectivity index (χ1n) is 8.59. The van der Waals surface area contributed by atoms with E-state index < -0.39 is 19.8 Å². The van der Waals surface area contributed by atoms with E-state index in [0.717, 1.165) is 0 Å². The summed E-state index contributed by atoms with van der Waals surface area (Å²) in [5, 5.41) is 28.7. The molecule has 2 atom stereocenters. The number of carboxylic acid groups (broad SMARTS) is 1. The molecule has 3 aromatic carbocycles. The number of phenolic OH excluding ortho intramolecular Hbond substituents is 1. The fourth-order valence-corrected chi connectivity index (χ4v) is 4.44. The summed E-state index contributed by atoms with van der Waals surface area (Å²) in [6.45, 7) is 1.42. The van der Waals surface area contributed by atoms with Gasteiger partial charge in [0.2, 0.25) is 0 Å². The molecule has 3 rings (SSSR count). The van der Waals surface area contributed by atoms with Crippen LogP contribution in [0.4, 0.5) is 0 Å². The van der Waals surface area contributed by atoms with Crippen LogP contribution in [0.25, 0.3) is 11.1 Å². The molecule has 3 N–H and O–H groups in total. The maximum atomic E-state index is 11.8. The van der Waals surface area contributed by atoms with Gasteiger partial charge in [-0.05, 0) is 56.1 Å². The van der Waals surface area contributed by atoms with Crippen LogP contribution in [0, 0.1) is 0 Å². The van der Waals surface area contributed by atoms with Crippen molar-refractivity contribution >= 4 is 46.3 Å². The molecule has 0 radical (unpaired) electrons. The first kappa shape index (κ1) is 22.4. The molecule has 0 bridgehead atoms. The van der Waals surface area contributed by atoms with Crippen molar-refractivity contribution in [2.75, 3.05) is 0 Å². The Hall–Kier alpha value is -2.25. The Bertz CT molecular complexity index is 1120. The van der Waals surface area contributed by atoms with Crippen LogP contribution in [0.2, 0.25) is 0 Å². The van der Waals surface area contributed by atoms with Crippen LogP contribution in [-0.2, 0) is 9.91 Å². The fraction of sp³-hybridized carbons (Fsp3) is 0.0952. The third-order valence-electron chi connectivity index (χ3n) is 4.40. The highest BCUT2D eigenvalue weighted by atomic mass is 79.9. The summed E-state index contributed by atoms with van der Waals surface area (Å²) in [6.07, 6.45) is 0. The lowest BCUT2D eigenvalue weighted by Gasteiger charge is -2.18. The molecule has 3 aromatic rings. The molecule has 0 aliphatic rings. The van der Waals surface area contributed by atoms with Crippen LogP contribution in [0.15, 0.2) is 63.5 Å². The summed E-state index contributed by atoms with van der Waals surface area (Å²) >= 11 is 6.74. The Morgan fingerprint density at radius 1 is 1.00 bits per heavy atom. The Balaban J connectivity index is 2.19. The van der Waals surface area contributed by atoms with Gasteiger partial charge in [0.15, 0.2) is 5.75 Å². The van der Waals surface area contributed by atoms with E-state index in [9.17, 15) is 24.7 Å². The van der Waals surface area contributed by atoms with Crippen LogP contribution in [-0.4, -0.2) is 21.3 Å². The summed E-state index contributed by atoms with van der Waals surface area (Å²) in [6, 6.07) is 14.3. The number of halogens is 2. The standard InChI is InChI=1S/C21H15Br2O6P/c1-21(27,30-28)11-9-15(22)19(16(23)10-11)29-18-13(6-4-7-14(18)20(25)26)12-5-2-3-8-17(12)24/h2-10,24,27H,1H3,(H,25,26)/p+1. The van der Waals surface area contributed by atoms with E-state index >= 15 is 0 Å². The highest BCUT2D eigenvalue weighted by molar-refractivity contribution is 9.11. The van der Waals surface area contributed by atoms with Gasteiger partial charge in [-0.1, -0.05) is 34.9 Å². The quantitative estimate of drug-likeness (QED) is 0.310. The van der Waals surface area contributed by atoms with E-state index in [-0.39, 0.29) is 22.8 Å². The van der Waals surface area contributed by atoms with E-state index in [4.69, 9.17) is 4.74 Å². The molecule has 0 aromatic heterocycles. The van der Waals surface area contributed by atoms with Crippen molar-refractivity contribution in [2.24, 2.45) is 0 Å². The van der Waals surface area contributed by atoms with Crippen molar-refractivity contribution < 1.29 is 29.4 Å². The van der Waals surface area contributed by atoms with Crippen molar-refractivity contribution in [3.63, 3.8) is 0 Å². The molecular formula is C21H16Br2O6P+.